The molecule has 0 bridgehead atoms. The molecule has 5 heteroatoms. The van der Waals surface area contributed by atoms with Gasteiger partial charge < -0.3 is 16.0 Å². The molecule has 0 aromatic heterocycles. The van der Waals surface area contributed by atoms with Gasteiger partial charge in [0.15, 0.2) is 0 Å². The fourth-order valence-electron chi connectivity index (χ4n) is 2.43. The Hall–Kier alpha value is -1.62. The Morgan fingerprint density at radius 2 is 2.15 bits per heavy atom. The number of carbonyl (C=O) groups excluding carboxylic acids is 1. The van der Waals surface area contributed by atoms with Crippen LogP contribution in [0, 0.1) is 11.7 Å². The zero-order chi connectivity index (χ0) is 14.5. The van der Waals surface area contributed by atoms with Crippen LogP contribution >= 0.6 is 0 Å². The highest BCUT2D eigenvalue weighted by atomic mass is 19.1. The molecule has 0 saturated carbocycles. The Balaban J connectivity index is 1.79. The van der Waals surface area contributed by atoms with Crippen LogP contribution < -0.4 is 11.1 Å². The normalized spacial score (nSPS) is 17.1. The monoisotopic (exact) mass is 279 g/mol. The van der Waals surface area contributed by atoms with Crippen molar-refractivity contribution in [3.05, 3.63) is 29.6 Å². The lowest BCUT2D eigenvalue weighted by Gasteiger charge is -2.30. The summed E-state index contributed by atoms with van der Waals surface area (Å²) in [6.07, 6.45) is 2.41. The second kappa shape index (κ2) is 6.70. The second-order valence-corrected chi connectivity index (χ2v) is 5.52. The average molecular weight is 279 g/mol. The number of likely N-dealkylation sites (tertiary alicyclic amines) is 1. The van der Waals surface area contributed by atoms with Crippen LogP contribution in [-0.2, 0) is 0 Å². The lowest BCUT2D eigenvalue weighted by Crippen LogP contribution is -2.39. The number of nitrogens with zero attached hydrogens (tertiary/aromatic N) is 1. The molecule has 20 heavy (non-hydrogen) atoms. The SMILES string of the molecule is CC1CCN(CCNC(=O)c2cc(N)ccc2F)CC1. The van der Waals surface area contributed by atoms with E-state index in [9.17, 15) is 9.18 Å². The highest BCUT2D eigenvalue weighted by Crippen LogP contribution is 2.15. The first-order valence-corrected chi connectivity index (χ1v) is 7.12. The molecular weight excluding hydrogens is 257 g/mol. The number of amides is 1. The molecule has 1 aromatic carbocycles. The number of halogens is 1. The van der Waals surface area contributed by atoms with E-state index in [1.165, 1.54) is 31.0 Å². The number of piperidine rings is 1. The van der Waals surface area contributed by atoms with Crippen molar-refractivity contribution in [2.24, 2.45) is 5.92 Å². The van der Waals surface area contributed by atoms with Gasteiger partial charge in [0.25, 0.3) is 5.91 Å². The number of benzene rings is 1. The molecule has 0 atom stereocenters. The van der Waals surface area contributed by atoms with Gasteiger partial charge in [0.05, 0.1) is 5.56 Å². The fraction of sp³-hybridized carbons (Fsp3) is 0.533. The molecule has 1 saturated heterocycles. The number of anilines is 1. The molecule has 1 aliphatic heterocycles. The van der Waals surface area contributed by atoms with E-state index in [0.29, 0.717) is 12.2 Å². The highest BCUT2D eigenvalue weighted by Gasteiger charge is 2.16. The lowest BCUT2D eigenvalue weighted by molar-refractivity contribution is 0.0940. The van der Waals surface area contributed by atoms with Gasteiger partial charge in [-0.15, -0.1) is 0 Å². The maximum Gasteiger partial charge on any atom is 0.254 e. The predicted molar refractivity (Wildman–Crippen MR) is 78.0 cm³/mol. The van der Waals surface area contributed by atoms with Crippen molar-refractivity contribution >= 4 is 11.6 Å². The van der Waals surface area contributed by atoms with E-state index in [0.717, 1.165) is 25.6 Å². The molecule has 110 valence electrons. The summed E-state index contributed by atoms with van der Waals surface area (Å²) in [7, 11) is 0. The lowest BCUT2D eigenvalue weighted by atomic mass is 9.99. The number of nitrogen functional groups attached to an aromatic ring is 1. The fourth-order valence-corrected chi connectivity index (χ4v) is 2.43. The zero-order valence-corrected chi connectivity index (χ0v) is 11.9. The zero-order valence-electron chi connectivity index (χ0n) is 11.9. The van der Waals surface area contributed by atoms with Crippen LogP contribution in [0.25, 0.3) is 0 Å². The Kier molecular flexibility index (Phi) is 4.95. The van der Waals surface area contributed by atoms with Crippen LogP contribution in [-0.4, -0.2) is 37.0 Å². The first-order valence-electron chi connectivity index (χ1n) is 7.12. The van der Waals surface area contributed by atoms with Crippen molar-refractivity contribution in [3.8, 4) is 0 Å². The first-order chi connectivity index (χ1) is 9.56. The topological polar surface area (TPSA) is 58.4 Å². The Morgan fingerprint density at radius 1 is 1.45 bits per heavy atom. The third-order valence-corrected chi connectivity index (χ3v) is 3.82. The molecule has 0 radical (unpaired) electrons. The van der Waals surface area contributed by atoms with Crippen molar-refractivity contribution in [2.45, 2.75) is 19.8 Å². The molecule has 1 amide bonds. The van der Waals surface area contributed by atoms with E-state index in [1.54, 1.807) is 0 Å². The molecule has 0 aliphatic carbocycles. The minimum atomic E-state index is -0.538. The van der Waals surface area contributed by atoms with Crippen LogP contribution in [0.2, 0.25) is 0 Å². The number of rotatable bonds is 4. The molecule has 1 fully saturated rings. The van der Waals surface area contributed by atoms with E-state index in [2.05, 4.69) is 17.1 Å². The number of hydrogen-bond acceptors (Lipinski definition) is 3. The van der Waals surface area contributed by atoms with E-state index in [1.807, 2.05) is 0 Å². The van der Waals surface area contributed by atoms with E-state index in [4.69, 9.17) is 5.73 Å². The van der Waals surface area contributed by atoms with Crippen molar-refractivity contribution in [2.75, 3.05) is 31.9 Å². The summed E-state index contributed by atoms with van der Waals surface area (Å²) >= 11 is 0. The van der Waals surface area contributed by atoms with Gasteiger partial charge in [0.1, 0.15) is 5.82 Å². The minimum absolute atomic E-state index is 0.0114. The summed E-state index contributed by atoms with van der Waals surface area (Å²) in [6, 6.07) is 4.03. The summed E-state index contributed by atoms with van der Waals surface area (Å²) in [5.41, 5.74) is 5.97. The van der Waals surface area contributed by atoms with Crippen LogP contribution in [0.5, 0.6) is 0 Å². The summed E-state index contributed by atoms with van der Waals surface area (Å²) < 4.78 is 13.5. The molecule has 1 aromatic rings. The van der Waals surface area contributed by atoms with Crippen LogP contribution in [0.15, 0.2) is 18.2 Å². The van der Waals surface area contributed by atoms with Gasteiger partial charge >= 0.3 is 0 Å². The molecule has 1 heterocycles. The highest BCUT2D eigenvalue weighted by molar-refractivity contribution is 5.95. The van der Waals surface area contributed by atoms with Crippen molar-refractivity contribution in [1.29, 1.82) is 0 Å². The van der Waals surface area contributed by atoms with Crippen molar-refractivity contribution < 1.29 is 9.18 Å². The van der Waals surface area contributed by atoms with Crippen LogP contribution in [0.4, 0.5) is 10.1 Å². The van der Waals surface area contributed by atoms with E-state index in [-0.39, 0.29) is 5.56 Å². The van der Waals surface area contributed by atoms with Gasteiger partial charge in [0, 0.05) is 18.8 Å². The Morgan fingerprint density at radius 3 is 2.85 bits per heavy atom. The maximum atomic E-state index is 13.5. The standard InChI is InChI=1S/C15H22FN3O/c1-11-4-7-19(8-5-11)9-6-18-15(20)13-10-12(17)2-3-14(13)16/h2-3,10-11H,4-9,17H2,1H3,(H,18,20). The maximum absolute atomic E-state index is 13.5. The predicted octanol–water partition coefficient (Wildman–Crippen LogP) is 1.87. The van der Waals surface area contributed by atoms with Gasteiger partial charge in [-0.05, 0) is 50.0 Å². The van der Waals surface area contributed by atoms with Crippen LogP contribution in [0.1, 0.15) is 30.1 Å². The second-order valence-electron chi connectivity index (χ2n) is 5.52. The molecule has 2 rings (SSSR count). The minimum Gasteiger partial charge on any atom is -0.399 e. The number of hydrogen-bond donors (Lipinski definition) is 2. The Labute approximate surface area is 119 Å². The molecule has 0 spiro atoms. The molecular formula is C15H22FN3O. The summed E-state index contributed by atoms with van der Waals surface area (Å²) in [5.74, 6) is -0.147. The van der Waals surface area contributed by atoms with Gasteiger partial charge in [-0.25, -0.2) is 4.39 Å². The van der Waals surface area contributed by atoms with E-state index >= 15 is 0 Å². The van der Waals surface area contributed by atoms with Gasteiger partial charge in [0.2, 0.25) is 0 Å². The molecule has 4 nitrogen and oxygen atoms in total. The Bertz CT molecular complexity index is 470. The third-order valence-electron chi connectivity index (χ3n) is 3.82. The van der Waals surface area contributed by atoms with Gasteiger partial charge in [-0.1, -0.05) is 6.92 Å². The molecule has 1 aliphatic rings. The number of carbonyl (C=O) groups is 1. The molecule has 0 unspecified atom stereocenters. The summed E-state index contributed by atoms with van der Waals surface area (Å²) in [4.78, 5) is 14.2. The third kappa shape index (κ3) is 3.93. The largest absolute Gasteiger partial charge is 0.399 e. The van der Waals surface area contributed by atoms with Crippen molar-refractivity contribution in [1.82, 2.24) is 10.2 Å². The smallest absolute Gasteiger partial charge is 0.254 e. The first kappa shape index (κ1) is 14.8. The summed E-state index contributed by atoms with van der Waals surface area (Å²) in [5, 5.41) is 2.75. The summed E-state index contributed by atoms with van der Waals surface area (Å²) in [6.45, 7) is 5.75. The van der Waals surface area contributed by atoms with Gasteiger partial charge in [-0.3, -0.25) is 4.79 Å². The number of nitrogens with one attached hydrogen (secondary N) is 1. The quantitative estimate of drug-likeness (QED) is 0.827. The van der Waals surface area contributed by atoms with Crippen molar-refractivity contribution in [3.63, 3.8) is 0 Å². The average Bonchev–Trinajstić information content (AvgIpc) is 2.43. The van der Waals surface area contributed by atoms with Crippen LogP contribution in [0.3, 0.4) is 0 Å². The number of nitrogens with two attached hydrogens (primary N) is 1. The molecule has 3 N–H and O–H groups in total. The van der Waals surface area contributed by atoms with Gasteiger partial charge in [-0.2, -0.15) is 0 Å². The van der Waals surface area contributed by atoms with E-state index < -0.39 is 11.7 Å².